The molecule has 3 rings (SSSR count). The van der Waals surface area contributed by atoms with Gasteiger partial charge in [0.15, 0.2) is 0 Å². The van der Waals surface area contributed by atoms with Crippen molar-refractivity contribution in [2.45, 2.75) is 57.1 Å². The molecule has 0 saturated heterocycles. The number of halogens is 2. The smallest absolute Gasteiger partial charge is 0.264 e. The lowest BCUT2D eigenvalue weighted by Gasteiger charge is -2.34. The van der Waals surface area contributed by atoms with Crippen LogP contribution in [-0.4, -0.2) is 43.3 Å². The van der Waals surface area contributed by atoms with Crippen LogP contribution in [0, 0.1) is 5.82 Å². The molecule has 0 bridgehead atoms. The summed E-state index contributed by atoms with van der Waals surface area (Å²) in [6.07, 6.45) is 0.270. The van der Waals surface area contributed by atoms with Crippen molar-refractivity contribution in [2.24, 2.45) is 0 Å². The fourth-order valence-electron chi connectivity index (χ4n) is 4.05. The maximum Gasteiger partial charge on any atom is 0.264 e. The molecule has 0 fully saturated rings. The number of para-hydroxylation sites is 1. The third-order valence-electron chi connectivity index (χ3n) is 5.88. The summed E-state index contributed by atoms with van der Waals surface area (Å²) in [6, 6.07) is 18.8. The summed E-state index contributed by atoms with van der Waals surface area (Å²) < 4.78 is 43.1. The van der Waals surface area contributed by atoms with Crippen LogP contribution in [0.15, 0.2) is 83.8 Å². The summed E-state index contributed by atoms with van der Waals surface area (Å²) in [5, 5.41) is 3.41. The summed E-state index contributed by atoms with van der Waals surface area (Å²) in [6.45, 7) is 6.55. The Morgan fingerprint density at radius 1 is 0.949 bits per heavy atom. The summed E-state index contributed by atoms with van der Waals surface area (Å²) >= 11 is 6.03. The highest BCUT2D eigenvalue weighted by atomic mass is 35.5. The Hall–Kier alpha value is -3.43. The number of hydrogen-bond donors (Lipinski definition) is 1. The average Bonchev–Trinajstić information content (AvgIpc) is 2.88. The first kappa shape index (κ1) is 30.1. The standard InChI is InChI=1S/C29H33ClFN3O4S/c1-5-25(28(36)32-29(2,3)4)33(19-21-15-17-22(30)18-16-21)27(35)20-34(26-14-10-9-13-24(26)31)39(37,38)23-11-7-6-8-12-23/h6-18,25H,5,19-20H2,1-4H3,(H,32,36)/t25-/m1/s1. The SMILES string of the molecule is CC[C@H](C(=O)NC(C)(C)C)N(Cc1ccc(Cl)cc1)C(=O)CN(c1ccccc1F)S(=O)(=O)c1ccccc1. The van der Waals surface area contributed by atoms with Gasteiger partial charge in [-0.05, 0) is 69.2 Å². The molecule has 0 aliphatic carbocycles. The van der Waals surface area contributed by atoms with Crippen LogP contribution in [0.5, 0.6) is 0 Å². The molecule has 3 aromatic carbocycles. The minimum atomic E-state index is -4.34. The van der Waals surface area contributed by atoms with Gasteiger partial charge in [0.1, 0.15) is 18.4 Å². The van der Waals surface area contributed by atoms with E-state index in [2.05, 4.69) is 5.32 Å². The van der Waals surface area contributed by atoms with Crippen molar-refractivity contribution in [3.63, 3.8) is 0 Å². The van der Waals surface area contributed by atoms with Gasteiger partial charge >= 0.3 is 0 Å². The molecule has 3 aromatic rings. The molecule has 1 atom stereocenters. The number of nitrogens with one attached hydrogen (secondary N) is 1. The van der Waals surface area contributed by atoms with Crippen LogP contribution in [0.3, 0.4) is 0 Å². The second-order valence-corrected chi connectivity index (χ2v) is 12.4. The van der Waals surface area contributed by atoms with E-state index in [9.17, 15) is 22.4 Å². The van der Waals surface area contributed by atoms with Crippen molar-refractivity contribution in [1.29, 1.82) is 0 Å². The highest BCUT2D eigenvalue weighted by Gasteiger charge is 2.35. The Balaban J connectivity index is 2.07. The van der Waals surface area contributed by atoms with E-state index in [1.165, 1.54) is 35.2 Å². The first-order chi connectivity index (χ1) is 18.3. The number of anilines is 1. The van der Waals surface area contributed by atoms with Gasteiger partial charge in [-0.15, -0.1) is 0 Å². The van der Waals surface area contributed by atoms with E-state index in [0.717, 1.165) is 10.4 Å². The molecule has 0 aromatic heterocycles. The number of carbonyl (C=O) groups is 2. The lowest BCUT2D eigenvalue weighted by atomic mass is 10.1. The lowest BCUT2D eigenvalue weighted by Crippen LogP contribution is -2.55. The van der Waals surface area contributed by atoms with Crippen LogP contribution in [-0.2, 0) is 26.2 Å². The molecule has 7 nitrogen and oxygen atoms in total. The fraction of sp³-hybridized carbons (Fsp3) is 0.310. The maximum atomic E-state index is 15.0. The number of hydrogen-bond acceptors (Lipinski definition) is 4. The molecule has 1 N–H and O–H groups in total. The first-order valence-corrected chi connectivity index (χ1v) is 14.3. The van der Waals surface area contributed by atoms with E-state index >= 15 is 0 Å². The number of sulfonamides is 1. The van der Waals surface area contributed by atoms with Crippen molar-refractivity contribution < 1.29 is 22.4 Å². The van der Waals surface area contributed by atoms with E-state index in [4.69, 9.17) is 11.6 Å². The third kappa shape index (κ3) is 7.80. The van der Waals surface area contributed by atoms with Gasteiger partial charge < -0.3 is 10.2 Å². The zero-order valence-corrected chi connectivity index (χ0v) is 24.0. The maximum absolute atomic E-state index is 15.0. The monoisotopic (exact) mass is 573 g/mol. The molecule has 0 radical (unpaired) electrons. The molecule has 0 aliphatic rings. The van der Waals surface area contributed by atoms with Crippen LogP contribution in [0.2, 0.25) is 5.02 Å². The second-order valence-electron chi connectivity index (χ2n) is 10.1. The van der Waals surface area contributed by atoms with Crippen LogP contribution in [0.1, 0.15) is 39.7 Å². The Bertz CT molecular complexity index is 1390. The van der Waals surface area contributed by atoms with E-state index in [1.54, 1.807) is 49.4 Å². The minimum absolute atomic E-state index is 0.0164. The molecular weight excluding hydrogens is 541 g/mol. The predicted molar refractivity (Wildman–Crippen MR) is 151 cm³/mol. The zero-order chi connectivity index (χ0) is 28.8. The van der Waals surface area contributed by atoms with E-state index in [1.807, 2.05) is 20.8 Å². The highest BCUT2D eigenvalue weighted by Crippen LogP contribution is 2.27. The number of benzene rings is 3. The van der Waals surface area contributed by atoms with Crippen LogP contribution < -0.4 is 9.62 Å². The summed E-state index contributed by atoms with van der Waals surface area (Å²) in [5.41, 5.74) is -0.138. The minimum Gasteiger partial charge on any atom is -0.350 e. The number of rotatable bonds is 10. The van der Waals surface area contributed by atoms with Crippen molar-refractivity contribution in [2.75, 3.05) is 10.8 Å². The first-order valence-electron chi connectivity index (χ1n) is 12.5. The molecule has 0 saturated carbocycles. The van der Waals surface area contributed by atoms with Crippen molar-refractivity contribution in [1.82, 2.24) is 10.2 Å². The summed E-state index contributed by atoms with van der Waals surface area (Å²) in [4.78, 5) is 28.5. The van der Waals surface area contributed by atoms with Gasteiger partial charge in [0, 0.05) is 17.1 Å². The molecule has 39 heavy (non-hydrogen) atoms. The van der Waals surface area contributed by atoms with Gasteiger partial charge in [-0.1, -0.05) is 61.0 Å². The quantitative estimate of drug-likeness (QED) is 0.352. The van der Waals surface area contributed by atoms with Crippen LogP contribution in [0.4, 0.5) is 10.1 Å². The predicted octanol–water partition coefficient (Wildman–Crippen LogP) is 5.40. The van der Waals surface area contributed by atoms with Gasteiger partial charge in [0.25, 0.3) is 10.0 Å². The van der Waals surface area contributed by atoms with Gasteiger partial charge in [-0.2, -0.15) is 0 Å². The molecular formula is C29H33ClFN3O4S. The van der Waals surface area contributed by atoms with Gasteiger partial charge in [-0.3, -0.25) is 13.9 Å². The largest absolute Gasteiger partial charge is 0.350 e. The van der Waals surface area contributed by atoms with Crippen molar-refractivity contribution in [3.05, 3.63) is 95.3 Å². The van der Waals surface area contributed by atoms with Crippen LogP contribution >= 0.6 is 11.6 Å². The Kier molecular flexibility index (Phi) is 9.74. The van der Waals surface area contributed by atoms with Crippen molar-refractivity contribution in [3.8, 4) is 0 Å². The molecule has 0 heterocycles. The van der Waals surface area contributed by atoms with Gasteiger partial charge in [0.2, 0.25) is 11.8 Å². The molecule has 0 aliphatic heterocycles. The fourth-order valence-corrected chi connectivity index (χ4v) is 5.61. The second kappa shape index (κ2) is 12.6. The van der Waals surface area contributed by atoms with Gasteiger partial charge in [-0.25, -0.2) is 12.8 Å². The molecule has 2 amide bonds. The molecule has 10 heteroatoms. The van der Waals surface area contributed by atoms with E-state index in [0.29, 0.717) is 10.6 Å². The molecule has 208 valence electrons. The summed E-state index contributed by atoms with van der Waals surface area (Å²) in [7, 11) is -4.34. The Morgan fingerprint density at radius 3 is 2.10 bits per heavy atom. The number of amides is 2. The molecule has 0 unspecified atom stereocenters. The van der Waals surface area contributed by atoms with Gasteiger partial charge in [0.05, 0.1) is 10.6 Å². The highest BCUT2D eigenvalue weighted by molar-refractivity contribution is 7.92. The molecule has 0 spiro atoms. The normalized spacial score (nSPS) is 12.5. The average molecular weight is 574 g/mol. The summed E-state index contributed by atoms with van der Waals surface area (Å²) in [5.74, 6) is -1.84. The van der Waals surface area contributed by atoms with E-state index < -0.39 is 39.9 Å². The zero-order valence-electron chi connectivity index (χ0n) is 22.4. The van der Waals surface area contributed by atoms with Crippen LogP contribution in [0.25, 0.3) is 0 Å². The third-order valence-corrected chi connectivity index (χ3v) is 7.91. The van der Waals surface area contributed by atoms with Crippen molar-refractivity contribution >= 4 is 39.1 Å². The number of nitrogens with zero attached hydrogens (tertiary/aromatic N) is 2. The number of carbonyl (C=O) groups excluding carboxylic acids is 2. The lowest BCUT2D eigenvalue weighted by molar-refractivity contribution is -0.141. The Morgan fingerprint density at radius 2 is 1.54 bits per heavy atom. The Labute approximate surface area is 234 Å². The topological polar surface area (TPSA) is 86.8 Å². The van der Waals surface area contributed by atoms with E-state index in [-0.39, 0.29) is 29.5 Å².